The average Bonchev–Trinajstić information content (AvgIpc) is 2.87. The maximum Gasteiger partial charge on any atom is 0.137 e. The van der Waals surface area contributed by atoms with Gasteiger partial charge in [0.2, 0.25) is 0 Å². The van der Waals surface area contributed by atoms with Crippen LogP contribution in [-0.4, -0.2) is 10.1 Å². The Kier molecular flexibility index (Phi) is 3.66. The Morgan fingerprint density at radius 3 is 2.50 bits per heavy atom. The van der Waals surface area contributed by atoms with Gasteiger partial charge in [0.15, 0.2) is 0 Å². The van der Waals surface area contributed by atoms with Crippen molar-refractivity contribution in [3.8, 4) is 27.3 Å². The molecule has 0 aliphatic rings. The zero-order valence-electron chi connectivity index (χ0n) is 10.2. The van der Waals surface area contributed by atoms with Crippen molar-refractivity contribution < 1.29 is 5.11 Å². The van der Waals surface area contributed by atoms with Gasteiger partial charge in [0.05, 0.1) is 4.34 Å². The lowest BCUT2D eigenvalue weighted by atomic mass is 10.0. The van der Waals surface area contributed by atoms with E-state index in [9.17, 15) is 5.11 Å². The van der Waals surface area contributed by atoms with Crippen molar-refractivity contribution in [3.05, 3.63) is 58.2 Å². The van der Waals surface area contributed by atoms with E-state index in [1.165, 1.54) is 11.3 Å². The van der Waals surface area contributed by atoms with Crippen molar-refractivity contribution in [2.75, 3.05) is 0 Å². The highest BCUT2D eigenvalue weighted by Crippen LogP contribution is 2.38. The van der Waals surface area contributed by atoms with Crippen LogP contribution >= 0.6 is 34.5 Å². The summed E-state index contributed by atoms with van der Waals surface area (Å²) in [5.74, 6) is 0.215. The second-order valence-corrected chi connectivity index (χ2v) is 6.26. The minimum atomic E-state index is 0.215. The van der Waals surface area contributed by atoms with Gasteiger partial charge in [0, 0.05) is 27.8 Å². The molecule has 1 aromatic carbocycles. The minimum Gasteiger partial charge on any atom is -0.507 e. The molecule has 0 saturated heterocycles. The fourth-order valence-electron chi connectivity index (χ4n) is 1.94. The molecule has 0 aliphatic heterocycles. The third-order valence-electron chi connectivity index (χ3n) is 2.89. The Balaban J connectivity index is 2.14. The molecule has 3 rings (SSSR count). The summed E-state index contributed by atoms with van der Waals surface area (Å²) in [7, 11) is 0. The molecular weight excluding hydrogens is 313 g/mol. The Labute approximate surface area is 130 Å². The minimum absolute atomic E-state index is 0.215. The average molecular weight is 322 g/mol. The van der Waals surface area contributed by atoms with Crippen LogP contribution in [0, 0.1) is 0 Å². The normalized spacial score (nSPS) is 10.7. The van der Waals surface area contributed by atoms with Crippen LogP contribution in [0.4, 0.5) is 0 Å². The molecule has 0 bridgehead atoms. The standard InChI is InChI=1S/C15H9Cl2NOS/c16-14-6-5-13(20-14)11-7-9(8-18-15(11)17)10-3-1-2-4-12(10)19/h1-8,19H. The van der Waals surface area contributed by atoms with Crippen LogP contribution in [0.25, 0.3) is 21.6 Å². The smallest absolute Gasteiger partial charge is 0.137 e. The fraction of sp³-hybridized carbons (Fsp3) is 0. The molecular formula is C15H9Cl2NOS. The predicted molar refractivity (Wildman–Crippen MR) is 84.7 cm³/mol. The zero-order valence-corrected chi connectivity index (χ0v) is 12.5. The lowest BCUT2D eigenvalue weighted by Crippen LogP contribution is -1.85. The molecule has 2 heterocycles. The number of thiophene rings is 1. The number of aromatic hydroxyl groups is 1. The van der Waals surface area contributed by atoms with Crippen LogP contribution in [0.5, 0.6) is 5.75 Å². The van der Waals surface area contributed by atoms with Crippen LogP contribution in [0.1, 0.15) is 0 Å². The van der Waals surface area contributed by atoms with Gasteiger partial charge < -0.3 is 5.11 Å². The maximum atomic E-state index is 9.92. The highest BCUT2D eigenvalue weighted by atomic mass is 35.5. The number of benzene rings is 1. The van der Waals surface area contributed by atoms with Gasteiger partial charge in [-0.05, 0) is 24.3 Å². The number of nitrogens with zero attached hydrogens (tertiary/aromatic N) is 1. The quantitative estimate of drug-likeness (QED) is 0.633. The SMILES string of the molecule is Oc1ccccc1-c1cnc(Cl)c(-c2ccc(Cl)s2)c1. The van der Waals surface area contributed by atoms with Crippen LogP contribution in [0.15, 0.2) is 48.7 Å². The van der Waals surface area contributed by atoms with Gasteiger partial charge in [-0.25, -0.2) is 4.98 Å². The van der Waals surface area contributed by atoms with Gasteiger partial charge in [-0.1, -0.05) is 41.4 Å². The van der Waals surface area contributed by atoms with Crippen molar-refractivity contribution >= 4 is 34.5 Å². The molecule has 0 spiro atoms. The lowest BCUT2D eigenvalue weighted by molar-refractivity contribution is 0.477. The molecule has 5 heteroatoms. The van der Waals surface area contributed by atoms with E-state index in [2.05, 4.69) is 4.98 Å². The summed E-state index contributed by atoms with van der Waals surface area (Å²) in [4.78, 5) is 5.15. The predicted octanol–water partition coefficient (Wildman–Crippen LogP) is 5.49. The van der Waals surface area contributed by atoms with Crippen LogP contribution in [-0.2, 0) is 0 Å². The van der Waals surface area contributed by atoms with E-state index < -0.39 is 0 Å². The number of phenols is 1. The number of hydrogen-bond donors (Lipinski definition) is 1. The van der Waals surface area contributed by atoms with E-state index in [-0.39, 0.29) is 5.75 Å². The summed E-state index contributed by atoms with van der Waals surface area (Å²) in [6.07, 6.45) is 1.65. The molecule has 0 fully saturated rings. The molecule has 0 saturated carbocycles. The molecule has 0 aliphatic carbocycles. The molecule has 1 N–H and O–H groups in total. The van der Waals surface area contributed by atoms with E-state index in [4.69, 9.17) is 23.2 Å². The molecule has 0 unspecified atom stereocenters. The second-order valence-electron chi connectivity index (χ2n) is 4.18. The van der Waals surface area contributed by atoms with E-state index >= 15 is 0 Å². The number of phenolic OH excluding ortho intramolecular Hbond substituents is 1. The van der Waals surface area contributed by atoms with Crippen LogP contribution in [0.3, 0.4) is 0 Å². The summed E-state index contributed by atoms with van der Waals surface area (Å²) in [6, 6.07) is 12.8. The summed E-state index contributed by atoms with van der Waals surface area (Å²) >= 11 is 13.6. The molecule has 20 heavy (non-hydrogen) atoms. The zero-order chi connectivity index (χ0) is 14.1. The summed E-state index contributed by atoms with van der Waals surface area (Å²) in [5, 5.41) is 10.3. The summed E-state index contributed by atoms with van der Waals surface area (Å²) in [5.41, 5.74) is 2.34. The van der Waals surface area contributed by atoms with Crippen molar-refractivity contribution in [1.29, 1.82) is 0 Å². The van der Waals surface area contributed by atoms with Gasteiger partial charge in [-0.2, -0.15) is 0 Å². The van der Waals surface area contributed by atoms with Gasteiger partial charge >= 0.3 is 0 Å². The second kappa shape index (κ2) is 5.44. The van der Waals surface area contributed by atoms with Gasteiger partial charge in [-0.15, -0.1) is 11.3 Å². The van der Waals surface area contributed by atoms with Crippen molar-refractivity contribution in [1.82, 2.24) is 4.98 Å². The number of rotatable bonds is 2. The topological polar surface area (TPSA) is 33.1 Å². The van der Waals surface area contributed by atoms with Crippen molar-refractivity contribution in [2.45, 2.75) is 0 Å². The maximum absolute atomic E-state index is 9.92. The van der Waals surface area contributed by atoms with E-state index in [1.807, 2.05) is 30.3 Å². The number of para-hydroxylation sites is 1. The summed E-state index contributed by atoms with van der Waals surface area (Å²) < 4.78 is 0.698. The van der Waals surface area contributed by atoms with Crippen LogP contribution in [0.2, 0.25) is 9.49 Å². The first-order valence-corrected chi connectivity index (χ1v) is 7.42. The first kappa shape index (κ1) is 13.4. The molecule has 0 atom stereocenters. The van der Waals surface area contributed by atoms with Crippen molar-refractivity contribution in [3.63, 3.8) is 0 Å². The molecule has 0 radical (unpaired) electrons. The Hall–Kier alpha value is -1.55. The molecule has 100 valence electrons. The van der Waals surface area contributed by atoms with Crippen molar-refractivity contribution in [2.24, 2.45) is 0 Å². The van der Waals surface area contributed by atoms with Gasteiger partial charge in [-0.3, -0.25) is 0 Å². The van der Waals surface area contributed by atoms with E-state index in [0.29, 0.717) is 9.49 Å². The van der Waals surface area contributed by atoms with Gasteiger partial charge in [0.25, 0.3) is 0 Å². The first-order valence-electron chi connectivity index (χ1n) is 5.85. The number of aromatic nitrogens is 1. The molecule has 2 nitrogen and oxygen atoms in total. The van der Waals surface area contributed by atoms with Crippen LogP contribution < -0.4 is 0 Å². The van der Waals surface area contributed by atoms with E-state index in [1.54, 1.807) is 18.3 Å². The number of hydrogen-bond acceptors (Lipinski definition) is 3. The highest BCUT2D eigenvalue weighted by molar-refractivity contribution is 7.19. The number of halogens is 2. The molecule has 3 aromatic rings. The van der Waals surface area contributed by atoms with Gasteiger partial charge in [0.1, 0.15) is 10.9 Å². The first-order chi connectivity index (χ1) is 9.65. The third-order valence-corrected chi connectivity index (χ3v) is 4.46. The number of pyridine rings is 1. The third kappa shape index (κ3) is 2.52. The fourth-order valence-corrected chi connectivity index (χ4v) is 3.27. The lowest BCUT2D eigenvalue weighted by Gasteiger charge is -2.07. The Morgan fingerprint density at radius 1 is 1.00 bits per heavy atom. The molecule has 2 aromatic heterocycles. The Morgan fingerprint density at radius 2 is 1.80 bits per heavy atom. The Bertz CT molecular complexity index is 770. The molecule has 0 amide bonds. The highest BCUT2D eigenvalue weighted by Gasteiger charge is 2.11. The largest absolute Gasteiger partial charge is 0.507 e. The van der Waals surface area contributed by atoms with E-state index in [0.717, 1.165) is 21.6 Å². The summed E-state index contributed by atoms with van der Waals surface area (Å²) in [6.45, 7) is 0. The monoisotopic (exact) mass is 321 g/mol.